The number of nitrogens with zero attached hydrogens (tertiary/aromatic N) is 4. The first-order valence-electron chi connectivity index (χ1n) is 45.3. The van der Waals surface area contributed by atoms with Crippen molar-refractivity contribution in [1.29, 1.82) is 0 Å². The molecule has 4 heterocycles. The molecule has 0 amide bonds. The lowest BCUT2D eigenvalue weighted by Crippen LogP contribution is -2.28. The maximum Gasteiger partial charge on any atom is 0.150 e. The summed E-state index contributed by atoms with van der Waals surface area (Å²) < 4.78 is 9.27. The third-order valence-corrected chi connectivity index (χ3v) is 27.3. The van der Waals surface area contributed by atoms with Crippen LogP contribution in [-0.4, -0.2) is 49.7 Å². The number of para-hydroxylation sites is 2. The summed E-state index contributed by atoms with van der Waals surface area (Å²) in [4.78, 5) is 57.3. The Hall–Kier alpha value is -16.5. The van der Waals surface area contributed by atoms with Gasteiger partial charge < -0.3 is 18.3 Å². The molecule has 24 rings (SSSR count). The predicted molar refractivity (Wildman–Crippen MR) is 547 cm³/mol. The van der Waals surface area contributed by atoms with Crippen LogP contribution in [0, 0.1) is 62.3 Å². The number of hydrogen-bond acceptors (Lipinski definition) is 5. The molecule has 1 unspecified atom stereocenters. The molecule has 1 atom stereocenters. The monoisotopic (exact) mass is 1720 g/mol. The van der Waals surface area contributed by atoms with E-state index >= 15 is 0 Å². The van der Waals surface area contributed by atoms with Gasteiger partial charge in [0.2, 0.25) is 0 Å². The average Bonchev–Trinajstić information content (AvgIpc) is 1.52. The molecule has 4 aromatic heterocycles. The Balaban J connectivity index is 0.000000111. The molecule has 2 aliphatic rings. The molecule has 0 aliphatic heterocycles. The second-order valence-electron chi connectivity index (χ2n) is 36.1. The largest absolute Gasteiger partial charge is 0.309 e. The topological polar surface area (TPSA) is 105 Å². The minimum absolute atomic E-state index is 0.536. The Labute approximate surface area is 772 Å². The van der Waals surface area contributed by atoms with Crippen LogP contribution in [-0.2, 0) is 10.8 Å². The van der Waals surface area contributed by atoms with Crippen molar-refractivity contribution < 1.29 is 24.0 Å². The van der Waals surface area contributed by atoms with E-state index in [2.05, 4.69) is 378 Å². The molecule has 18 aromatic carbocycles. The summed E-state index contributed by atoms with van der Waals surface area (Å²) in [6.07, 6.45) is 4.49. The van der Waals surface area contributed by atoms with Crippen molar-refractivity contribution in [1.82, 2.24) is 18.3 Å². The molecule has 0 fully saturated rings. The number of aryl methyl sites for hydroxylation is 9. The third-order valence-electron chi connectivity index (χ3n) is 27.3. The van der Waals surface area contributed by atoms with Crippen LogP contribution < -0.4 is 0 Å². The maximum absolute atomic E-state index is 11.7. The first-order chi connectivity index (χ1) is 64.8. The fraction of sp³-hybridized carbons (Fsp3) is 0.0887. The first kappa shape index (κ1) is 83.4. The van der Waals surface area contributed by atoms with Gasteiger partial charge in [-0.05, 0) is 273 Å². The molecule has 0 radical (unpaired) electrons. The number of carbonyl (C=O) groups is 5. The number of aldehydes is 5. The van der Waals surface area contributed by atoms with Gasteiger partial charge in [0.25, 0.3) is 0 Å². The van der Waals surface area contributed by atoms with Gasteiger partial charge in [-0.1, -0.05) is 283 Å². The smallest absolute Gasteiger partial charge is 0.150 e. The van der Waals surface area contributed by atoms with Gasteiger partial charge in [0, 0.05) is 93.7 Å². The van der Waals surface area contributed by atoms with E-state index in [1.165, 1.54) is 182 Å². The lowest BCUT2D eigenvalue weighted by Gasteiger charge is -2.34. The fourth-order valence-electron chi connectivity index (χ4n) is 21.2. The SMILES string of the molecule is Cc1ccc(C2(c3ccc(C=O)cc3)c3cc(C)ccc3-c3cc4c(cc32)c2ccc(C)cc2n4-c2ccccc2)cc1.Cc1ccc2c(c1)C(c1ccc(C=O)cc1)(c1ccc(C=O)cc1)c1cc3c4ccc(C)cc4n(-c4ccccc4)c3cc1-2.Cc1ccc2c(c1)c1cc(C)ccc1n2-c1cccc(C=O)c1.Cc1ccc2c3ccc(C)cc3n(-c3cccc(C=O)c3)c2c1. The number of fused-ring (bicyclic) bond motifs is 18. The van der Waals surface area contributed by atoms with Crippen LogP contribution in [0.2, 0.25) is 0 Å². The zero-order chi connectivity index (χ0) is 91.2. The minimum atomic E-state index is -0.653. The van der Waals surface area contributed by atoms with Gasteiger partial charge in [0.1, 0.15) is 31.4 Å². The van der Waals surface area contributed by atoms with Crippen molar-refractivity contribution in [2.45, 2.75) is 73.1 Å². The second-order valence-corrected chi connectivity index (χ2v) is 36.1. The molecule has 22 aromatic rings. The van der Waals surface area contributed by atoms with Gasteiger partial charge in [-0.3, -0.25) is 24.0 Å². The predicted octanol–water partition coefficient (Wildman–Crippen LogP) is 29.7. The van der Waals surface area contributed by atoms with Gasteiger partial charge in [0.05, 0.1) is 55.0 Å². The zero-order valence-corrected chi connectivity index (χ0v) is 75.5. The van der Waals surface area contributed by atoms with E-state index in [4.69, 9.17) is 0 Å². The molecule has 0 spiro atoms. The summed E-state index contributed by atoms with van der Waals surface area (Å²) >= 11 is 0. The minimum Gasteiger partial charge on any atom is -0.309 e. The molecular formula is C124H94N4O5. The molecule has 0 N–H and O–H groups in total. The van der Waals surface area contributed by atoms with E-state index in [-0.39, 0.29) is 0 Å². The summed E-state index contributed by atoms with van der Waals surface area (Å²) in [7, 11) is 0. The van der Waals surface area contributed by atoms with Crippen molar-refractivity contribution >= 4 is 119 Å². The van der Waals surface area contributed by atoms with E-state index < -0.39 is 10.8 Å². The van der Waals surface area contributed by atoms with Gasteiger partial charge in [0.15, 0.2) is 0 Å². The highest BCUT2D eigenvalue weighted by molar-refractivity contribution is 6.15. The van der Waals surface area contributed by atoms with Crippen molar-refractivity contribution in [3.8, 4) is 45.0 Å². The summed E-state index contributed by atoms with van der Waals surface area (Å²) in [6, 6.07) is 133. The van der Waals surface area contributed by atoms with Gasteiger partial charge in [-0.25, -0.2) is 0 Å². The van der Waals surface area contributed by atoms with Crippen molar-refractivity contribution in [2.75, 3.05) is 0 Å². The maximum atomic E-state index is 11.7. The van der Waals surface area contributed by atoms with Gasteiger partial charge in [-0.15, -0.1) is 0 Å². The molecular weight excluding hydrogens is 1630 g/mol. The van der Waals surface area contributed by atoms with Crippen LogP contribution in [0.1, 0.15) is 146 Å². The Kier molecular flexibility index (Phi) is 21.0. The van der Waals surface area contributed by atoms with Crippen LogP contribution >= 0.6 is 0 Å². The molecule has 0 saturated carbocycles. The van der Waals surface area contributed by atoms with Crippen LogP contribution in [0.5, 0.6) is 0 Å². The summed E-state index contributed by atoms with van der Waals surface area (Å²) in [5, 5.41) is 9.85. The highest BCUT2D eigenvalue weighted by Crippen LogP contribution is 2.60. The molecule has 9 heteroatoms. The fourth-order valence-corrected chi connectivity index (χ4v) is 21.2. The van der Waals surface area contributed by atoms with Crippen molar-refractivity contribution in [3.05, 3.63) is 499 Å². The third kappa shape index (κ3) is 14.0. The quantitative estimate of drug-likeness (QED) is 0.107. The van der Waals surface area contributed by atoms with E-state index in [0.717, 1.165) is 76.4 Å². The lowest BCUT2D eigenvalue weighted by molar-refractivity contribution is 0.111. The van der Waals surface area contributed by atoms with E-state index in [9.17, 15) is 24.0 Å². The molecule has 2 aliphatic carbocycles. The Bertz CT molecular complexity index is 8330. The van der Waals surface area contributed by atoms with Crippen molar-refractivity contribution in [2.24, 2.45) is 0 Å². The zero-order valence-electron chi connectivity index (χ0n) is 75.5. The molecule has 9 nitrogen and oxygen atoms in total. The molecule has 133 heavy (non-hydrogen) atoms. The normalized spacial score (nSPS) is 13.2. The number of rotatable bonds is 13. The Morgan fingerprint density at radius 1 is 0.173 bits per heavy atom. The molecule has 0 bridgehead atoms. The van der Waals surface area contributed by atoms with Crippen molar-refractivity contribution in [3.63, 3.8) is 0 Å². The highest BCUT2D eigenvalue weighted by atomic mass is 16.1. The van der Waals surface area contributed by atoms with E-state index in [1.54, 1.807) is 0 Å². The van der Waals surface area contributed by atoms with E-state index in [0.29, 0.717) is 27.8 Å². The molecule has 640 valence electrons. The Morgan fingerprint density at radius 3 is 0.774 bits per heavy atom. The lowest BCUT2D eigenvalue weighted by atomic mass is 9.67. The summed E-state index contributed by atoms with van der Waals surface area (Å²) in [6.45, 7) is 19.2. The standard InChI is InChI=1S/C41H29NO2.C41H31NO.2C21H17NO/c1-26-8-18-33-35-23-40-36(34-19-9-27(2)21-39(34)42(40)32-6-4-3-5-7-32)22-38(35)41(37(33)20-26,30-14-10-28(24-43)11-15-30)31-16-12-29(25-44)13-17-31;1-26-9-15-30(16-10-26)41(31-17-13-29(25-43)14-18-31)37-21-27(2)11-19-33(37)35-24-40-36(23-38(35)41)34-20-12-28(3)22-39(34)42(40)32-7-5-4-6-8-32;1-14-6-8-20-18(10-14)19-11-15(2)7-9-21(19)22(20)17-5-3-4-16(12-17)13-23;1-14-6-8-18-19-9-7-15(2)11-21(19)22(20(18)10-14)17-5-3-4-16(12-17)13-23/h3-25H,1-2H3;4-25H,1-3H3;2*3-13H,1-2H3. The number of hydrogen-bond donors (Lipinski definition) is 0. The number of carbonyl (C=O) groups excluding carboxylic acids is 5. The average molecular weight is 1720 g/mol. The van der Waals surface area contributed by atoms with Crippen LogP contribution in [0.25, 0.3) is 132 Å². The number of aromatic nitrogens is 4. The summed E-state index contributed by atoms with van der Waals surface area (Å²) in [5.74, 6) is 0. The van der Waals surface area contributed by atoms with Gasteiger partial charge in [-0.2, -0.15) is 0 Å². The van der Waals surface area contributed by atoms with Crippen LogP contribution in [0.3, 0.4) is 0 Å². The summed E-state index contributed by atoms with van der Waals surface area (Å²) in [5.41, 5.74) is 41.3. The van der Waals surface area contributed by atoms with Crippen LogP contribution in [0.15, 0.2) is 376 Å². The van der Waals surface area contributed by atoms with Gasteiger partial charge >= 0.3 is 0 Å². The Morgan fingerprint density at radius 2 is 0.429 bits per heavy atom. The highest BCUT2D eigenvalue weighted by Gasteiger charge is 2.49. The number of benzene rings is 18. The van der Waals surface area contributed by atoms with E-state index in [1.807, 2.05) is 78.9 Å². The first-order valence-corrected chi connectivity index (χ1v) is 45.3. The molecule has 0 saturated heterocycles. The second kappa shape index (κ2) is 33.5. The van der Waals surface area contributed by atoms with Crippen LogP contribution in [0.4, 0.5) is 0 Å².